The third kappa shape index (κ3) is 3.06. The zero-order valence-electron chi connectivity index (χ0n) is 13.6. The van der Waals surface area contributed by atoms with Crippen molar-refractivity contribution < 1.29 is 4.92 Å². The van der Waals surface area contributed by atoms with Crippen LogP contribution in [0.5, 0.6) is 0 Å². The standard InChI is InChI=1S/C17H17N5O2S/c1-11-9-21(14-4-2-3-5-15(14)22(23)24)10-13(19-11)16-18-8-12-6-7-25-17(12)20-16/h2-8,11,13,19H,9-10H2,1H3. The molecule has 4 rings (SSSR count). The van der Waals surface area contributed by atoms with Gasteiger partial charge in [-0.25, -0.2) is 9.97 Å². The van der Waals surface area contributed by atoms with Crippen LogP contribution >= 0.6 is 11.3 Å². The fraction of sp³-hybridized carbons (Fsp3) is 0.294. The highest BCUT2D eigenvalue weighted by atomic mass is 32.1. The van der Waals surface area contributed by atoms with E-state index in [9.17, 15) is 10.1 Å². The molecule has 8 heteroatoms. The molecule has 1 N–H and O–H groups in total. The van der Waals surface area contributed by atoms with E-state index in [4.69, 9.17) is 0 Å². The van der Waals surface area contributed by atoms with Gasteiger partial charge in [0.15, 0.2) is 0 Å². The van der Waals surface area contributed by atoms with E-state index in [0.717, 1.165) is 16.0 Å². The summed E-state index contributed by atoms with van der Waals surface area (Å²) in [4.78, 5) is 23.2. The number of nitrogens with zero attached hydrogens (tertiary/aromatic N) is 4. The van der Waals surface area contributed by atoms with E-state index in [0.29, 0.717) is 18.8 Å². The number of anilines is 1. The van der Waals surface area contributed by atoms with Gasteiger partial charge in [0.25, 0.3) is 5.69 Å². The lowest BCUT2D eigenvalue weighted by Crippen LogP contribution is -2.51. The molecule has 0 spiro atoms. The largest absolute Gasteiger partial charge is 0.362 e. The first-order chi connectivity index (χ1) is 12.1. The minimum Gasteiger partial charge on any atom is -0.362 e. The van der Waals surface area contributed by atoms with Crippen molar-refractivity contribution in [2.24, 2.45) is 0 Å². The van der Waals surface area contributed by atoms with Crippen LogP contribution in [-0.2, 0) is 0 Å². The van der Waals surface area contributed by atoms with E-state index in [2.05, 4.69) is 22.2 Å². The second-order valence-corrected chi connectivity index (χ2v) is 7.07. The maximum atomic E-state index is 11.4. The molecule has 1 aliphatic rings. The first-order valence-corrected chi connectivity index (χ1v) is 8.94. The predicted molar refractivity (Wildman–Crippen MR) is 98.1 cm³/mol. The first-order valence-electron chi connectivity index (χ1n) is 8.06. The molecule has 7 nitrogen and oxygen atoms in total. The summed E-state index contributed by atoms with van der Waals surface area (Å²) in [6.07, 6.45) is 1.84. The van der Waals surface area contributed by atoms with Gasteiger partial charge in [-0.2, -0.15) is 0 Å². The summed E-state index contributed by atoms with van der Waals surface area (Å²) in [6.45, 7) is 3.35. The van der Waals surface area contributed by atoms with Crippen LogP contribution in [0.4, 0.5) is 11.4 Å². The number of nitro benzene ring substituents is 1. The van der Waals surface area contributed by atoms with E-state index in [-0.39, 0.29) is 22.7 Å². The summed E-state index contributed by atoms with van der Waals surface area (Å²) in [5, 5.41) is 17.9. The van der Waals surface area contributed by atoms with Crippen molar-refractivity contribution in [3.8, 4) is 0 Å². The Labute approximate surface area is 148 Å². The van der Waals surface area contributed by atoms with Crippen LogP contribution in [0.3, 0.4) is 0 Å². The van der Waals surface area contributed by atoms with Gasteiger partial charge in [0.1, 0.15) is 16.3 Å². The summed E-state index contributed by atoms with van der Waals surface area (Å²) in [6, 6.07) is 8.97. The number of hydrogen-bond donors (Lipinski definition) is 1. The van der Waals surface area contributed by atoms with Crippen LogP contribution in [0.25, 0.3) is 10.2 Å². The Hall–Kier alpha value is -2.58. The normalized spacial score (nSPS) is 20.8. The highest BCUT2D eigenvalue weighted by Gasteiger charge is 2.30. The van der Waals surface area contributed by atoms with Crippen molar-refractivity contribution in [2.75, 3.05) is 18.0 Å². The predicted octanol–water partition coefficient (Wildman–Crippen LogP) is 3.14. The maximum Gasteiger partial charge on any atom is 0.292 e. The highest BCUT2D eigenvalue weighted by Crippen LogP contribution is 2.31. The van der Waals surface area contributed by atoms with Gasteiger partial charge in [0.2, 0.25) is 0 Å². The minimum atomic E-state index is -0.328. The lowest BCUT2D eigenvalue weighted by molar-refractivity contribution is -0.384. The number of para-hydroxylation sites is 2. The number of nitro groups is 1. The Morgan fingerprint density at radius 2 is 2.16 bits per heavy atom. The fourth-order valence-electron chi connectivity index (χ4n) is 3.25. The molecule has 128 valence electrons. The molecule has 3 aromatic rings. The number of fused-ring (bicyclic) bond motifs is 1. The molecule has 2 unspecified atom stereocenters. The van der Waals surface area contributed by atoms with Crippen molar-refractivity contribution in [3.63, 3.8) is 0 Å². The van der Waals surface area contributed by atoms with Gasteiger partial charge in [-0.1, -0.05) is 12.1 Å². The lowest BCUT2D eigenvalue weighted by atomic mass is 10.1. The van der Waals surface area contributed by atoms with Crippen LogP contribution in [0.1, 0.15) is 18.8 Å². The highest BCUT2D eigenvalue weighted by molar-refractivity contribution is 7.16. The molecule has 1 fully saturated rings. The van der Waals surface area contributed by atoms with Crippen molar-refractivity contribution in [1.29, 1.82) is 0 Å². The Kier molecular flexibility index (Phi) is 4.06. The molecule has 3 heterocycles. The lowest BCUT2D eigenvalue weighted by Gasteiger charge is -2.38. The monoisotopic (exact) mass is 355 g/mol. The van der Waals surface area contributed by atoms with Crippen molar-refractivity contribution in [2.45, 2.75) is 19.0 Å². The van der Waals surface area contributed by atoms with Gasteiger partial charge in [0.05, 0.1) is 11.0 Å². The SMILES string of the molecule is CC1CN(c2ccccc2[N+](=O)[O-])CC(c2ncc3ccsc3n2)N1. The van der Waals surface area contributed by atoms with E-state index >= 15 is 0 Å². The molecule has 0 bridgehead atoms. The van der Waals surface area contributed by atoms with Gasteiger partial charge in [0, 0.05) is 36.8 Å². The quantitative estimate of drug-likeness (QED) is 0.574. The summed E-state index contributed by atoms with van der Waals surface area (Å²) >= 11 is 1.59. The van der Waals surface area contributed by atoms with E-state index < -0.39 is 0 Å². The number of nitrogens with one attached hydrogen (secondary N) is 1. The molecule has 2 aromatic heterocycles. The zero-order valence-corrected chi connectivity index (χ0v) is 14.4. The average molecular weight is 355 g/mol. The average Bonchev–Trinajstić information content (AvgIpc) is 3.09. The van der Waals surface area contributed by atoms with Crippen molar-refractivity contribution in [3.05, 3.63) is 57.8 Å². The third-order valence-corrected chi connectivity index (χ3v) is 5.16. The van der Waals surface area contributed by atoms with Crippen molar-refractivity contribution >= 4 is 32.9 Å². The molecule has 1 aromatic carbocycles. The molecule has 1 aliphatic heterocycles. The van der Waals surface area contributed by atoms with Gasteiger partial charge >= 0.3 is 0 Å². The number of hydrogen-bond acceptors (Lipinski definition) is 7. The Morgan fingerprint density at radius 1 is 1.32 bits per heavy atom. The Morgan fingerprint density at radius 3 is 3.00 bits per heavy atom. The first kappa shape index (κ1) is 15.9. The van der Waals surface area contributed by atoms with Crippen LogP contribution in [0.2, 0.25) is 0 Å². The van der Waals surface area contributed by atoms with E-state index in [1.807, 2.05) is 28.6 Å². The second-order valence-electron chi connectivity index (χ2n) is 6.18. The van der Waals surface area contributed by atoms with Crippen LogP contribution in [0.15, 0.2) is 41.9 Å². The Balaban J connectivity index is 1.66. The Bertz CT molecular complexity index is 928. The van der Waals surface area contributed by atoms with Crippen LogP contribution in [0, 0.1) is 10.1 Å². The number of thiophene rings is 1. The van der Waals surface area contributed by atoms with Crippen molar-refractivity contribution in [1.82, 2.24) is 15.3 Å². The molecule has 25 heavy (non-hydrogen) atoms. The molecule has 1 saturated heterocycles. The van der Waals surface area contributed by atoms with Crippen LogP contribution in [-0.4, -0.2) is 34.0 Å². The second kappa shape index (κ2) is 6.38. The van der Waals surface area contributed by atoms with E-state index in [1.54, 1.807) is 29.5 Å². The summed E-state index contributed by atoms with van der Waals surface area (Å²) in [5.41, 5.74) is 0.771. The van der Waals surface area contributed by atoms with Gasteiger partial charge in [-0.05, 0) is 24.4 Å². The summed E-state index contributed by atoms with van der Waals surface area (Å²) < 4.78 is 0. The minimum absolute atomic E-state index is 0.0740. The number of rotatable bonds is 3. The molecule has 0 amide bonds. The van der Waals surface area contributed by atoms with Gasteiger partial charge < -0.3 is 10.2 Å². The zero-order chi connectivity index (χ0) is 17.4. The van der Waals surface area contributed by atoms with E-state index in [1.165, 1.54) is 0 Å². The van der Waals surface area contributed by atoms with Gasteiger partial charge in [-0.15, -0.1) is 11.3 Å². The molecule has 0 saturated carbocycles. The molecular formula is C17H17N5O2S. The fourth-order valence-corrected chi connectivity index (χ4v) is 4.00. The third-order valence-electron chi connectivity index (χ3n) is 4.34. The number of piperazine rings is 1. The molecule has 0 aliphatic carbocycles. The maximum absolute atomic E-state index is 11.4. The smallest absolute Gasteiger partial charge is 0.292 e. The molecule has 0 radical (unpaired) electrons. The van der Waals surface area contributed by atoms with Crippen LogP contribution < -0.4 is 10.2 Å². The molecule has 2 atom stereocenters. The number of aromatic nitrogens is 2. The summed E-state index contributed by atoms with van der Waals surface area (Å²) in [7, 11) is 0. The summed E-state index contributed by atoms with van der Waals surface area (Å²) in [5.74, 6) is 0.727. The topological polar surface area (TPSA) is 84.2 Å². The molecular weight excluding hydrogens is 338 g/mol. The number of benzene rings is 1. The van der Waals surface area contributed by atoms with Gasteiger partial charge in [-0.3, -0.25) is 10.1 Å².